The van der Waals surface area contributed by atoms with Gasteiger partial charge in [-0.25, -0.2) is 0 Å². The summed E-state index contributed by atoms with van der Waals surface area (Å²) >= 11 is 5.84. The molecule has 0 aliphatic carbocycles. The second-order valence-corrected chi connectivity index (χ2v) is 4.62. The first-order chi connectivity index (χ1) is 8.26. The third-order valence-electron chi connectivity index (χ3n) is 2.96. The molecular weight excluding hydrogens is 303 g/mol. The van der Waals surface area contributed by atoms with Gasteiger partial charge in [-0.05, 0) is 50.3 Å². The Labute approximate surface area is 134 Å². The first kappa shape index (κ1) is 21.3. The molecule has 5 heteroatoms. The second kappa shape index (κ2) is 13.0. The summed E-state index contributed by atoms with van der Waals surface area (Å²) < 4.78 is 0. The average Bonchev–Trinajstić information content (AvgIpc) is 2.36. The fraction of sp³-hybridized carbons (Fsp3) is 0.571. The molecule has 0 bridgehead atoms. The lowest BCUT2D eigenvalue weighted by Crippen LogP contribution is -2.27. The largest absolute Gasteiger partial charge is 0.313 e. The molecule has 0 saturated carbocycles. The summed E-state index contributed by atoms with van der Waals surface area (Å²) in [5, 5.41) is 4.26. The van der Waals surface area contributed by atoms with Gasteiger partial charge in [0.05, 0.1) is 0 Å². The highest BCUT2D eigenvalue weighted by Crippen LogP contribution is 2.08. The molecule has 1 aromatic rings. The molecule has 1 N–H and O–H groups in total. The predicted octanol–water partition coefficient (Wildman–Crippen LogP) is 4.01. The predicted molar refractivity (Wildman–Crippen MR) is 90.1 cm³/mol. The van der Waals surface area contributed by atoms with Crippen molar-refractivity contribution in [2.24, 2.45) is 0 Å². The van der Waals surface area contributed by atoms with Crippen LogP contribution in [0.3, 0.4) is 0 Å². The molecule has 0 unspecified atom stereocenters. The number of benzene rings is 1. The smallest absolute Gasteiger partial charge is 0.0406 e. The van der Waals surface area contributed by atoms with E-state index in [2.05, 4.69) is 36.2 Å². The van der Waals surface area contributed by atoms with E-state index in [9.17, 15) is 0 Å². The zero-order valence-electron chi connectivity index (χ0n) is 11.7. The van der Waals surface area contributed by atoms with Crippen molar-refractivity contribution in [1.82, 2.24) is 10.2 Å². The van der Waals surface area contributed by atoms with Crippen LogP contribution in [-0.2, 0) is 6.54 Å². The topological polar surface area (TPSA) is 15.3 Å². The summed E-state index contributed by atoms with van der Waals surface area (Å²) in [6.45, 7) is 9.89. The number of hydrogen-bond donors (Lipinski definition) is 1. The summed E-state index contributed by atoms with van der Waals surface area (Å²) in [5.74, 6) is 0. The number of nitrogens with one attached hydrogen (secondary N) is 1. The third kappa shape index (κ3) is 9.53. The van der Waals surface area contributed by atoms with Crippen LogP contribution in [0.15, 0.2) is 24.3 Å². The fourth-order valence-corrected chi connectivity index (χ4v) is 1.93. The summed E-state index contributed by atoms with van der Waals surface area (Å²) in [7, 11) is 0. The van der Waals surface area contributed by atoms with Crippen molar-refractivity contribution in [2.75, 3.05) is 26.2 Å². The van der Waals surface area contributed by atoms with Crippen molar-refractivity contribution in [2.45, 2.75) is 26.8 Å². The Morgan fingerprint density at radius 1 is 1.05 bits per heavy atom. The van der Waals surface area contributed by atoms with Crippen LogP contribution in [0.4, 0.5) is 0 Å². The molecule has 0 aliphatic rings. The highest BCUT2D eigenvalue weighted by molar-refractivity contribution is 6.30. The van der Waals surface area contributed by atoms with Gasteiger partial charge in [0.2, 0.25) is 0 Å². The molecular formula is C14H25Cl3N2. The Hall–Kier alpha value is 0.01000. The Kier molecular flexibility index (Phi) is 14.6. The van der Waals surface area contributed by atoms with Gasteiger partial charge in [0.15, 0.2) is 0 Å². The molecule has 0 atom stereocenters. The van der Waals surface area contributed by atoms with Crippen molar-refractivity contribution in [3.05, 3.63) is 34.9 Å². The van der Waals surface area contributed by atoms with Crippen LogP contribution >= 0.6 is 36.4 Å². The van der Waals surface area contributed by atoms with Gasteiger partial charge in [0.25, 0.3) is 0 Å². The highest BCUT2D eigenvalue weighted by Gasteiger charge is 1.98. The van der Waals surface area contributed by atoms with Crippen LogP contribution in [0.25, 0.3) is 0 Å². The van der Waals surface area contributed by atoms with Gasteiger partial charge in [-0.1, -0.05) is 37.6 Å². The molecule has 1 aromatic carbocycles. The van der Waals surface area contributed by atoms with E-state index in [0.29, 0.717) is 0 Å². The first-order valence-corrected chi connectivity index (χ1v) is 6.81. The average molecular weight is 328 g/mol. The molecule has 0 aliphatic heterocycles. The lowest BCUT2D eigenvalue weighted by atomic mass is 10.2. The van der Waals surface area contributed by atoms with Crippen molar-refractivity contribution in [3.63, 3.8) is 0 Å². The van der Waals surface area contributed by atoms with Gasteiger partial charge in [0.1, 0.15) is 0 Å². The van der Waals surface area contributed by atoms with Crippen LogP contribution in [-0.4, -0.2) is 31.1 Å². The molecule has 0 saturated heterocycles. The molecule has 0 spiro atoms. The van der Waals surface area contributed by atoms with Crippen molar-refractivity contribution in [1.29, 1.82) is 0 Å². The minimum absolute atomic E-state index is 0. The van der Waals surface area contributed by atoms with E-state index in [1.54, 1.807) is 0 Å². The molecule has 112 valence electrons. The van der Waals surface area contributed by atoms with Gasteiger partial charge >= 0.3 is 0 Å². The van der Waals surface area contributed by atoms with E-state index < -0.39 is 0 Å². The zero-order chi connectivity index (χ0) is 12.5. The van der Waals surface area contributed by atoms with Crippen LogP contribution < -0.4 is 5.32 Å². The molecule has 0 radical (unpaired) electrons. The number of hydrogen-bond acceptors (Lipinski definition) is 2. The highest BCUT2D eigenvalue weighted by atomic mass is 35.5. The third-order valence-corrected chi connectivity index (χ3v) is 3.22. The Balaban J connectivity index is 0. The summed E-state index contributed by atoms with van der Waals surface area (Å²) in [4.78, 5) is 2.45. The first-order valence-electron chi connectivity index (χ1n) is 6.43. The zero-order valence-corrected chi connectivity index (χ0v) is 14.1. The van der Waals surface area contributed by atoms with Gasteiger partial charge < -0.3 is 10.2 Å². The van der Waals surface area contributed by atoms with Gasteiger partial charge in [-0.15, -0.1) is 24.8 Å². The van der Waals surface area contributed by atoms with Crippen LogP contribution in [0.2, 0.25) is 5.02 Å². The number of halogens is 3. The van der Waals surface area contributed by atoms with E-state index in [4.69, 9.17) is 11.6 Å². The van der Waals surface area contributed by atoms with Gasteiger partial charge in [0, 0.05) is 11.6 Å². The van der Waals surface area contributed by atoms with E-state index in [0.717, 1.165) is 31.2 Å². The van der Waals surface area contributed by atoms with E-state index >= 15 is 0 Å². The molecule has 0 amide bonds. The van der Waals surface area contributed by atoms with E-state index in [1.807, 2.05) is 12.1 Å². The lowest BCUT2D eigenvalue weighted by molar-refractivity contribution is 0.298. The Morgan fingerprint density at radius 2 is 1.63 bits per heavy atom. The van der Waals surface area contributed by atoms with Crippen LogP contribution in [0, 0.1) is 0 Å². The van der Waals surface area contributed by atoms with Gasteiger partial charge in [-0.2, -0.15) is 0 Å². The number of rotatable bonds is 8. The minimum atomic E-state index is 0. The minimum Gasteiger partial charge on any atom is -0.313 e. The monoisotopic (exact) mass is 326 g/mol. The van der Waals surface area contributed by atoms with E-state index in [1.165, 1.54) is 18.5 Å². The normalized spacial score (nSPS) is 9.89. The second-order valence-electron chi connectivity index (χ2n) is 4.18. The maximum Gasteiger partial charge on any atom is 0.0406 e. The van der Waals surface area contributed by atoms with Crippen LogP contribution in [0.5, 0.6) is 0 Å². The van der Waals surface area contributed by atoms with E-state index in [-0.39, 0.29) is 24.8 Å². The molecule has 2 nitrogen and oxygen atoms in total. The van der Waals surface area contributed by atoms with Gasteiger partial charge in [-0.3, -0.25) is 0 Å². The quantitative estimate of drug-likeness (QED) is 0.726. The lowest BCUT2D eigenvalue weighted by Gasteiger charge is -2.17. The summed E-state index contributed by atoms with van der Waals surface area (Å²) in [5.41, 5.74) is 1.29. The standard InChI is InChI=1S/C14H23ClN2.2ClH/c1-3-17(4-2)11-5-10-16-12-13-6-8-14(15)9-7-13;;/h6-9,16H,3-5,10-12H2,1-2H3;2*1H. The Morgan fingerprint density at radius 3 is 2.16 bits per heavy atom. The summed E-state index contributed by atoms with van der Waals surface area (Å²) in [6.07, 6.45) is 1.20. The molecule has 0 aromatic heterocycles. The molecule has 1 rings (SSSR count). The van der Waals surface area contributed by atoms with Crippen LogP contribution in [0.1, 0.15) is 25.8 Å². The molecule has 19 heavy (non-hydrogen) atoms. The maximum absolute atomic E-state index is 5.84. The number of nitrogens with zero attached hydrogens (tertiary/aromatic N) is 1. The fourth-order valence-electron chi connectivity index (χ4n) is 1.80. The Bertz CT molecular complexity index is 300. The molecule has 0 heterocycles. The SMILES string of the molecule is CCN(CC)CCCNCc1ccc(Cl)cc1.Cl.Cl. The molecule has 0 fully saturated rings. The van der Waals surface area contributed by atoms with Crippen molar-refractivity contribution < 1.29 is 0 Å². The van der Waals surface area contributed by atoms with Crippen molar-refractivity contribution in [3.8, 4) is 0 Å². The maximum atomic E-state index is 5.84. The summed E-state index contributed by atoms with van der Waals surface area (Å²) in [6, 6.07) is 8.02. The van der Waals surface area contributed by atoms with Crippen molar-refractivity contribution >= 4 is 36.4 Å².